The van der Waals surface area contributed by atoms with Gasteiger partial charge in [0.2, 0.25) is 0 Å². The van der Waals surface area contributed by atoms with Gasteiger partial charge < -0.3 is 10.5 Å². The molecule has 84 valence electrons. The van der Waals surface area contributed by atoms with E-state index in [1.54, 1.807) is 0 Å². The smallest absolute Gasteiger partial charge is 0.150 e. The fraction of sp³-hybridized carbons (Fsp3) is 0.417. The summed E-state index contributed by atoms with van der Waals surface area (Å²) >= 11 is 0. The second-order valence-corrected chi connectivity index (χ2v) is 4.20. The van der Waals surface area contributed by atoms with Crippen LogP contribution in [0.15, 0.2) is 24.4 Å². The molecule has 1 aliphatic heterocycles. The van der Waals surface area contributed by atoms with Gasteiger partial charge in [-0.2, -0.15) is 5.10 Å². The van der Waals surface area contributed by atoms with Gasteiger partial charge in [0.15, 0.2) is 6.23 Å². The molecule has 2 aromatic rings. The van der Waals surface area contributed by atoms with E-state index < -0.39 is 0 Å². The van der Waals surface area contributed by atoms with Crippen LogP contribution in [0.5, 0.6) is 0 Å². The predicted octanol–water partition coefficient (Wildman–Crippen LogP) is 2.32. The number of anilines is 1. The number of para-hydroxylation sites is 1. The van der Waals surface area contributed by atoms with Crippen molar-refractivity contribution in [3.05, 3.63) is 24.4 Å². The Labute approximate surface area is 94.0 Å². The number of aromatic nitrogens is 2. The molecule has 2 heterocycles. The lowest BCUT2D eigenvalue weighted by atomic mass is 10.2. The van der Waals surface area contributed by atoms with Gasteiger partial charge in [0.1, 0.15) is 0 Å². The van der Waals surface area contributed by atoms with Crippen molar-refractivity contribution in [2.24, 2.45) is 0 Å². The Morgan fingerprint density at radius 2 is 2.31 bits per heavy atom. The SMILES string of the molecule is Nc1cccc2cnn([C@H]3CCCCO3)c12. The Balaban J connectivity index is 2.09. The van der Waals surface area contributed by atoms with Crippen molar-refractivity contribution in [2.75, 3.05) is 12.3 Å². The van der Waals surface area contributed by atoms with Crippen LogP contribution >= 0.6 is 0 Å². The van der Waals surface area contributed by atoms with Crippen molar-refractivity contribution in [1.82, 2.24) is 9.78 Å². The van der Waals surface area contributed by atoms with Crippen LogP contribution in [0.2, 0.25) is 0 Å². The molecule has 1 aromatic carbocycles. The first-order valence-electron chi connectivity index (χ1n) is 5.69. The fourth-order valence-electron chi connectivity index (χ4n) is 2.27. The maximum atomic E-state index is 5.99. The fourth-order valence-corrected chi connectivity index (χ4v) is 2.27. The zero-order chi connectivity index (χ0) is 11.0. The number of ether oxygens (including phenoxy) is 1. The van der Waals surface area contributed by atoms with Gasteiger partial charge in [0.25, 0.3) is 0 Å². The Hall–Kier alpha value is -1.55. The van der Waals surface area contributed by atoms with Gasteiger partial charge in [0, 0.05) is 12.0 Å². The lowest BCUT2D eigenvalue weighted by molar-refractivity contribution is -0.0366. The largest absolute Gasteiger partial charge is 0.397 e. The molecule has 2 N–H and O–H groups in total. The van der Waals surface area contributed by atoms with Gasteiger partial charge in [-0.3, -0.25) is 0 Å². The predicted molar refractivity (Wildman–Crippen MR) is 63.0 cm³/mol. The molecule has 4 heteroatoms. The Bertz CT molecular complexity index is 500. The van der Waals surface area contributed by atoms with Crippen LogP contribution in [-0.2, 0) is 4.74 Å². The quantitative estimate of drug-likeness (QED) is 0.746. The Kier molecular flexibility index (Phi) is 2.29. The molecular formula is C12H15N3O. The van der Waals surface area contributed by atoms with Crippen molar-refractivity contribution >= 4 is 16.6 Å². The Morgan fingerprint density at radius 1 is 1.38 bits per heavy atom. The summed E-state index contributed by atoms with van der Waals surface area (Å²) in [5.74, 6) is 0. The molecule has 0 saturated carbocycles. The highest BCUT2D eigenvalue weighted by atomic mass is 16.5. The Morgan fingerprint density at radius 3 is 3.12 bits per heavy atom. The van der Waals surface area contributed by atoms with E-state index >= 15 is 0 Å². The van der Waals surface area contributed by atoms with Gasteiger partial charge in [-0.1, -0.05) is 12.1 Å². The molecule has 16 heavy (non-hydrogen) atoms. The molecule has 1 atom stereocenters. The highest BCUT2D eigenvalue weighted by molar-refractivity contribution is 5.89. The van der Waals surface area contributed by atoms with Crippen molar-refractivity contribution in [3.8, 4) is 0 Å². The zero-order valence-electron chi connectivity index (χ0n) is 9.10. The van der Waals surface area contributed by atoms with Crippen LogP contribution in [0.25, 0.3) is 10.9 Å². The summed E-state index contributed by atoms with van der Waals surface area (Å²) in [6.45, 7) is 0.818. The number of benzene rings is 1. The first kappa shape index (κ1) is 9.66. The summed E-state index contributed by atoms with van der Waals surface area (Å²) in [7, 11) is 0. The first-order chi connectivity index (χ1) is 7.86. The number of nitrogens with zero attached hydrogens (tertiary/aromatic N) is 2. The van der Waals surface area contributed by atoms with Crippen molar-refractivity contribution in [1.29, 1.82) is 0 Å². The molecule has 1 saturated heterocycles. The minimum atomic E-state index is 0.0518. The maximum absolute atomic E-state index is 5.99. The minimum Gasteiger partial charge on any atom is -0.397 e. The zero-order valence-corrected chi connectivity index (χ0v) is 9.10. The molecule has 1 aliphatic rings. The highest BCUT2D eigenvalue weighted by Crippen LogP contribution is 2.28. The van der Waals surface area contributed by atoms with Crippen molar-refractivity contribution in [3.63, 3.8) is 0 Å². The molecule has 0 radical (unpaired) electrons. The average molecular weight is 217 g/mol. The molecule has 1 aromatic heterocycles. The van der Waals surface area contributed by atoms with Gasteiger partial charge in [-0.05, 0) is 25.3 Å². The van der Waals surface area contributed by atoms with Crippen LogP contribution in [0.3, 0.4) is 0 Å². The van der Waals surface area contributed by atoms with Crippen molar-refractivity contribution < 1.29 is 4.74 Å². The van der Waals surface area contributed by atoms with Gasteiger partial charge >= 0.3 is 0 Å². The number of nitrogens with two attached hydrogens (primary N) is 1. The molecule has 1 fully saturated rings. The van der Waals surface area contributed by atoms with Gasteiger partial charge in [-0.15, -0.1) is 0 Å². The summed E-state index contributed by atoms with van der Waals surface area (Å²) in [4.78, 5) is 0. The lowest BCUT2D eigenvalue weighted by Crippen LogP contribution is -2.19. The van der Waals surface area contributed by atoms with E-state index in [4.69, 9.17) is 10.5 Å². The monoisotopic (exact) mass is 217 g/mol. The molecule has 4 nitrogen and oxygen atoms in total. The highest BCUT2D eigenvalue weighted by Gasteiger charge is 2.19. The number of nitrogen functional groups attached to an aromatic ring is 1. The summed E-state index contributed by atoms with van der Waals surface area (Å²) in [6, 6.07) is 5.88. The van der Waals surface area contributed by atoms with Crippen LogP contribution in [0, 0.1) is 0 Å². The third-order valence-electron chi connectivity index (χ3n) is 3.08. The maximum Gasteiger partial charge on any atom is 0.150 e. The van der Waals surface area contributed by atoms with E-state index in [0.717, 1.165) is 36.0 Å². The van der Waals surface area contributed by atoms with Crippen LogP contribution in [-0.4, -0.2) is 16.4 Å². The molecule has 0 unspecified atom stereocenters. The second kappa shape index (κ2) is 3.79. The molecule has 0 spiro atoms. The third kappa shape index (κ3) is 1.46. The van der Waals surface area contributed by atoms with Gasteiger partial charge in [0.05, 0.1) is 17.4 Å². The molecule has 3 rings (SSSR count). The van der Waals surface area contributed by atoms with Crippen LogP contribution in [0.4, 0.5) is 5.69 Å². The average Bonchev–Trinajstić information content (AvgIpc) is 2.75. The van der Waals surface area contributed by atoms with Crippen molar-refractivity contribution in [2.45, 2.75) is 25.5 Å². The summed E-state index contributed by atoms with van der Waals surface area (Å²) in [6.07, 6.45) is 5.26. The van der Waals surface area contributed by atoms with E-state index in [2.05, 4.69) is 5.10 Å². The van der Waals surface area contributed by atoms with E-state index in [0.29, 0.717) is 0 Å². The molecule has 0 bridgehead atoms. The number of hydrogen-bond acceptors (Lipinski definition) is 3. The normalized spacial score (nSPS) is 21.4. The lowest BCUT2D eigenvalue weighted by Gasteiger charge is -2.23. The number of hydrogen-bond donors (Lipinski definition) is 1. The van der Waals surface area contributed by atoms with E-state index in [-0.39, 0.29) is 6.23 Å². The minimum absolute atomic E-state index is 0.0518. The molecule has 0 amide bonds. The van der Waals surface area contributed by atoms with E-state index in [1.165, 1.54) is 6.42 Å². The summed E-state index contributed by atoms with van der Waals surface area (Å²) in [5.41, 5.74) is 7.75. The molecular weight excluding hydrogens is 202 g/mol. The van der Waals surface area contributed by atoms with Crippen LogP contribution < -0.4 is 5.73 Å². The van der Waals surface area contributed by atoms with Crippen LogP contribution in [0.1, 0.15) is 25.5 Å². The number of fused-ring (bicyclic) bond motifs is 1. The topological polar surface area (TPSA) is 53.1 Å². The third-order valence-corrected chi connectivity index (χ3v) is 3.08. The van der Waals surface area contributed by atoms with Gasteiger partial charge in [-0.25, -0.2) is 4.68 Å². The summed E-state index contributed by atoms with van der Waals surface area (Å²) in [5, 5.41) is 5.47. The molecule has 0 aliphatic carbocycles. The first-order valence-corrected chi connectivity index (χ1v) is 5.69. The van der Waals surface area contributed by atoms with E-state index in [9.17, 15) is 0 Å². The van der Waals surface area contributed by atoms with E-state index in [1.807, 2.05) is 29.1 Å². The second-order valence-electron chi connectivity index (χ2n) is 4.20. The summed E-state index contributed by atoms with van der Waals surface area (Å²) < 4.78 is 7.65. The number of rotatable bonds is 1. The standard InChI is InChI=1S/C12H15N3O/c13-10-5-3-4-9-8-14-15(12(9)10)11-6-1-2-7-16-11/h3-5,8,11H,1-2,6-7,13H2/t11-/m1/s1.